The first kappa shape index (κ1) is 61.2. The number of halogens is 3. The number of hydrogen-bond donors (Lipinski definition) is 0. The van der Waals surface area contributed by atoms with Gasteiger partial charge in [-0.15, -0.1) is 0 Å². The molecule has 12 aromatic carbocycles. The summed E-state index contributed by atoms with van der Waals surface area (Å²) in [5.74, 6) is 0.494. The van der Waals surface area contributed by atoms with Crippen LogP contribution in [0.4, 0.5) is 13.2 Å². The average molecular weight is 1290 g/mol. The highest BCUT2D eigenvalue weighted by Gasteiger charge is 2.38. The molecule has 0 radical (unpaired) electrons. The van der Waals surface area contributed by atoms with E-state index in [4.69, 9.17) is 15.0 Å². The number of aromatic nitrogens is 5. The Hall–Kier alpha value is -15.0. The Labute approximate surface area is 568 Å². The van der Waals surface area contributed by atoms with Crippen LogP contribution in [0.3, 0.4) is 0 Å². The zero-order chi connectivity index (χ0) is 68.9. The molecule has 0 saturated carbocycles. The molecule has 0 unspecified atom stereocenters. The van der Waals surface area contributed by atoms with Gasteiger partial charge in [0.05, 0.1) is 132 Å². The lowest BCUT2D eigenvalue weighted by atomic mass is 9.90. The van der Waals surface area contributed by atoms with Gasteiger partial charge in [-0.2, -0.15) is 55.3 Å². The highest BCUT2D eigenvalue weighted by atomic mass is 19.4. The molecule has 0 N–H and O–H groups in total. The van der Waals surface area contributed by atoms with Crippen LogP contribution in [0, 0.1) is 90.6 Å². The van der Waals surface area contributed by atoms with Gasteiger partial charge in [0.1, 0.15) is 0 Å². The zero-order valence-corrected chi connectivity index (χ0v) is 52.0. The standard InChI is InChI=1S/C84H40F3N13/c85-84(86,87)72-14-8-16-78(100-75-31-23-57(65-27-19-51(43-90)35-61(65)47-94)39-70(75)71-40-58(24-32-76(71)100)66-28-20-52(44-91)36-62(66)48-95)80(72)79-67(83-97-81(53-9-3-1-4-10-53)96-82(98-83)54-11-5-2-6-12-54)13-7-15-77(79)99-73-29-21-55(63-25-17-49(41-88)33-59(63)45-92)37-68(73)69-38-56(22-30-74(69)99)64-26-18-50(42-89)34-60(64)46-93/h1-40H. The van der Waals surface area contributed by atoms with Gasteiger partial charge in [-0.25, -0.2) is 15.0 Å². The molecule has 0 spiro atoms. The molecule has 0 aliphatic heterocycles. The van der Waals surface area contributed by atoms with Crippen molar-refractivity contribution in [1.82, 2.24) is 24.1 Å². The molecule has 3 aromatic heterocycles. The smallest absolute Gasteiger partial charge is 0.309 e. The molecule has 0 saturated heterocycles. The molecule has 462 valence electrons. The van der Waals surface area contributed by atoms with E-state index in [2.05, 4.69) is 48.6 Å². The van der Waals surface area contributed by atoms with Gasteiger partial charge >= 0.3 is 6.18 Å². The van der Waals surface area contributed by atoms with Gasteiger partial charge in [0.2, 0.25) is 0 Å². The Balaban J connectivity index is 1.10. The summed E-state index contributed by atoms with van der Waals surface area (Å²) in [5.41, 5.74) is 8.59. The second-order valence-corrected chi connectivity index (χ2v) is 23.5. The molecule has 0 bridgehead atoms. The van der Waals surface area contributed by atoms with Crippen molar-refractivity contribution in [3.8, 4) is 150 Å². The summed E-state index contributed by atoms with van der Waals surface area (Å²) in [7, 11) is 0. The monoisotopic (exact) mass is 1290 g/mol. The predicted molar refractivity (Wildman–Crippen MR) is 375 cm³/mol. The van der Waals surface area contributed by atoms with Gasteiger partial charge in [0.25, 0.3) is 0 Å². The Bertz CT molecular complexity index is 6060. The maximum Gasteiger partial charge on any atom is 0.417 e. The molecule has 0 fully saturated rings. The summed E-state index contributed by atoms with van der Waals surface area (Å²) in [6, 6.07) is 86.1. The molecule has 13 nitrogen and oxygen atoms in total. The number of hydrogen-bond acceptors (Lipinski definition) is 11. The van der Waals surface area contributed by atoms with Crippen LogP contribution in [0.2, 0.25) is 0 Å². The number of benzene rings is 12. The number of alkyl halides is 3. The van der Waals surface area contributed by atoms with Gasteiger partial charge in [-0.3, -0.25) is 0 Å². The topological polar surface area (TPSA) is 239 Å². The van der Waals surface area contributed by atoms with Gasteiger partial charge in [0.15, 0.2) is 17.5 Å². The van der Waals surface area contributed by atoms with E-state index in [1.54, 1.807) is 102 Å². The molecule has 0 aliphatic rings. The Morgan fingerprint density at radius 1 is 0.270 bits per heavy atom. The van der Waals surface area contributed by atoms with Crippen molar-refractivity contribution in [3.05, 3.63) is 293 Å². The van der Waals surface area contributed by atoms with Crippen LogP contribution in [0.5, 0.6) is 0 Å². The Kier molecular flexibility index (Phi) is 15.1. The average Bonchev–Trinajstić information content (AvgIpc) is 1.51. The number of rotatable bonds is 10. The first-order chi connectivity index (χ1) is 48.8. The number of fused-ring (bicyclic) bond motifs is 6. The minimum absolute atomic E-state index is 0.0236. The minimum Gasteiger partial charge on any atom is -0.309 e. The first-order valence-corrected chi connectivity index (χ1v) is 31.0. The lowest BCUT2D eigenvalue weighted by Crippen LogP contribution is -2.12. The van der Waals surface area contributed by atoms with Crippen LogP contribution in [-0.2, 0) is 6.18 Å². The fraction of sp³-hybridized carbons (Fsp3) is 0.0119. The van der Waals surface area contributed by atoms with Crippen molar-refractivity contribution >= 4 is 43.6 Å². The molecular formula is C84H40F3N13. The van der Waals surface area contributed by atoms with Crippen molar-refractivity contribution < 1.29 is 13.2 Å². The van der Waals surface area contributed by atoms with Crippen LogP contribution in [0.15, 0.2) is 243 Å². The van der Waals surface area contributed by atoms with Crippen molar-refractivity contribution in [2.24, 2.45) is 0 Å². The quantitative estimate of drug-likeness (QED) is 0.125. The lowest BCUT2D eigenvalue weighted by molar-refractivity contribution is -0.137. The van der Waals surface area contributed by atoms with Gasteiger partial charge in [-0.05, 0) is 160 Å². The maximum absolute atomic E-state index is 17.2. The molecule has 15 rings (SSSR count). The van der Waals surface area contributed by atoms with Gasteiger partial charge in [0, 0.05) is 49.4 Å². The third-order valence-electron chi connectivity index (χ3n) is 17.9. The summed E-state index contributed by atoms with van der Waals surface area (Å²) in [6.07, 6.45) is -5.07. The minimum atomic E-state index is -5.07. The largest absolute Gasteiger partial charge is 0.417 e. The van der Waals surface area contributed by atoms with Crippen molar-refractivity contribution in [1.29, 1.82) is 42.1 Å². The van der Waals surface area contributed by atoms with E-state index >= 15 is 13.2 Å². The third kappa shape index (κ3) is 10.4. The van der Waals surface area contributed by atoms with E-state index in [-0.39, 0.29) is 90.0 Å². The SMILES string of the molecule is N#Cc1ccc(-c2ccc3c(c2)c2cc(-c4ccc(C#N)cc4C#N)ccc2n3-c2cccc(-c3nc(-c4ccccc4)nc(-c4ccccc4)n3)c2-c2c(-n3c4ccc(-c5ccc(C#N)cc5C#N)cc4c4cc(-c5ccc(C#N)cc5C#N)ccc43)cccc2C(F)(F)F)c(C#N)c1. The highest BCUT2D eigenvalue weighted by Crippen LogP contribution is 2.51. The molecule has 0 atom stereocenters. The molecule has 15 aromatic rings. The van der Waals surface area contributed by atoms with Crippen LogP contribution in [0.1, 0.15) is 50.1 Å². The summed E-state index contributed by atoms with van der Waals surface area (Å²) >= 11 is 0. The highest BCUT2D eigenvalue weighted by molar-refractivity contribution is 6.15. The zero-order valence-electron chi connectivity index (χ0n) is 52.0. The fourth-order valence-electron chi connectivity index (χ4n) is 13.4. The Morgan fingerprint density at radius 2 is 0.590 bits per heavy atom. The van der Waals surface area contributed by atoms with Crippen LogP contribution < -0.4 is 0 Å². The van der Waals surface area contributed by atoms with E-state index in [1.807, 2.05) is 114 Å². The summed E-state index contributed by atoms with van der Waals surface area (Å²) in [4.78, 5) is 15.4. The van der Waals surface area contributed by atoms with Crippen molar-refractivity contribution in [3.63, 3.8) is 0 Å². The van der Waals surface area contributed by atoms with E-state index in [0.29, 0.717) is 99.2 Å². The second kappa shape index (κ2) is 24.7. The second-order valence-electron chi connectivity index (χ2n) is 23.5. The van der Waals surface area contributed by atoms with E-state index in [9.17, 15) is 42.1 Å². The van der Waals surface area contributed by atoms with E-state index < -0.39 is 11.7 Å². The fourth-order valence-corrected chi connectivity index (χ4v) is 13.4. The number of nitriles is 8. The van der Waals surface area contributed by atoms with Crippen molar-refractivity contribution in [2.45, 2.75) is 6.18 Å². The molecule has 3 heterocycles. The molecular weight excluding hydrogens is 1250 g/mol. The van der Waals surface area contributed by atoms with Crippen LogP contribution in [-0.4, -0.2) is 24.1 Å². The van der Waals surface area contributed by atoms with Crippen molar-refractivity contribution in [2.75, 3.05) is 0 Å². The van der Waals surface area contributed by atoms with Crippen LogP contribution >= 0.6 is 0 Å². The van der Waals surface area contributed by atoms with E-state index in [0.717, 1.165) is 6.07 Å². The third-order valence-corrected chi connectivity index (χ3v) is 17.9. The first-order valence-electron chi connectivity index (χ1n) is 31.0. The number of nitrogens with zero attached hydrogens (tertiary/aromatic N) is 13. The predicted octanol–water partition coefficient (Wildman–Crippen LogP) is 19.4. The molecule has 16 heteroatoms. The molecule has 0 amide bonds. The van der Waals surface area contributed by atoms with Crippen LogP contribution in [0.25, 0.3) is 145 Å². The summed E-state index contributed by atoms with van der Waals surface area (Å²) < 4.78 is 55.3. The molecule has 0 aliphatic carbocycles. The van der Waals surface area contributed by atoms with Gasteiger partial charge in [-0.1, -0.05) is 127 Å². The van der Waals surface area contributed by atoms with Gasteiger partial charge < -0.3 is 9.13 Å². The lowest BCUT2D eigenvalue weighted by Gasteiger charge is -2.24. The summed E-state index contributed by atoms with van der Waals surface area (Å²) in [6.45, 7) is 0. The summed E-state index contributed by atoms with van der Waals surface area (Å²) in [5, 5.41) is 83.9. The Morgan fingerprint density at radius 3 is 0.910 bits per heavy atom. The maximum atomic E-state index is 17.2. The normalized spacial score (nSPS) is 11.1. The van der Waals surface area contributed by atoms with E-state index in [1.165, 1.54) is 30.3 Å². The molecule has 100 heavy (non-hydrogen) atoms.